The van der Waals surface area contributed by atoms with E-state index in [2.05, 4.69) is 19.1 Å². The van der Waals surface area contributed by atoms with Crippen LogP contribution in [0.15, 0.2) is 30.3 Å². The van der Waals surface area contributed by atoms with Crippen molar-refractivity contribution >= 4 is 23.1 Å². The summed E-state index contributed by atoms with van der Waals surface area (Å²) in [6, 6.07) is 10.3. The molecule has 1 unspecified atom stereocenters. The van der Waals surface area contributed by atoms with E-state index in [0.717, 1.165) is 28.2 Å². The van der Waals surface area contributed by atoms with Gasteiger partial charge in [-0.3, -0.25) is 0 Å². The lowest BCUT2D eigenvalue weighted by Gasteiger charge is -2.11. The number of hydrogen-bond acceptors (Lipinski definition) is 3. The van der Waals surface area contributed by atoms with E-state index < -0.39 is 6.10 Å². The summed E-state index contributed by atoms with van der Waals surface area (Å²) in [5.41, 5.74) is 3.62. The van der Waals surface area contributed by atoms with Crippen LogP contribution in [0.1, 0.15) is 32.5 Å². The lowest BCUT2D eigenvalue weighted by atomic mass is 10.0. The van der Waals surface area contributed by atoms with Gasteiger partial charge in [0.15, 0.2) is 0 Å². The Morgan fingerprint density at radius 1 is 1.28 bits per heavy atom. The molecule has 18 heavy (non-hydrogen) atoms. The third kappa shape index (κ3) is 2.22. The average Bonchev–Trinajstić information content (AvgIpc) is 2.82. The largest absolute Gasteiger partial charge is 0.383 e. The molecule has 3 rings (SSSR count). The molecule has 0 spiro atoms. The van der Waals surface area contributed by atoms with Gasteiger partial charge in [0.2, 0.25) is 0 Å². The zero-order chi connectivity index (χ0) is 12.5. The van der Waals surface area contributed by atoms with Gasteiger partial charge in [-0.1, -0.05) is 24.3 Å². The topological polar surface area (TPSA) is 20.2 Å². The molecule has 0 amide bonds. The van der Waals surface area contributed by atoms with E-state index in [1.54, 1.807) is 11.3 Å². The van der Waals surface area contributed by atoms with Gasteiger partial charge in [-0.25, -0.2) is 0 Å². The van der Waals surface area contributed by atoms with Crippen LogP contribution < -0.4 is 0 Å². The smallest absolute Gasteiger partial charge is 0.113 e. The van der Waals surface area contributed by atoms with Gasteiger partial charge in [0.1, 0.15) is 6.10 Å². The molecule has 2 heterocycles. The Bertz CT molecular complexity index is 536. The molecule has 3 heteroatoms. The van der Waals surface area contributed by atoms with Crippen molar-refractivity contribution in [2.75, 3.05) is 5.75 Å². The summed E-state index contributed by atoms with van der Waals surface area (Å²) >= 11 is 3.77. The van der Waals surface area contributed by atoms with Crippen molar-refractivity contribution in [2.24, 2.45) is 0 Å². The third-order valence-electron chi connectivity index (χ3n) is 3.40. The first-order valence-corrected chi connectivity index (χ1v) is 8.15. The maximum atomic E-state index is 10.5. The lowest BCUT2D eigenvalue weighted by molar-refractivity contribution is 0.223. The first kappa shape index (κ1) is 12.3. The maximum Gasteiger partial charge on any atom is 0.113 e. The molecule has 1 N–H and O–H groups in total. The van der Waals surface area contributed by atoms with Crippen LogP contribution in [0.5, 0.6) is 0 Å². The van der Waals surface area contributed by atoms with Crippen LogP contribution in [0.25, 0.3) is 0 Å². The Hall–Kier alpha value is -0.770. The number of rotatable bonds is 2. The summed E-state index contributed by atoms with van der Waals surface area (Å²) < 4.78 is 0. The second-order valence-electron chi connectivity index (χ2n) is 4.66. The summed E-state index contributed by atoms with van der Waals surface area (Å²) in [6.45, 7) is 2.06. The van der Waals surface area contributed by atoms with Crippen molar-refractivity contribution in [3.63, 3.8) is 0 Å². The predicted molar refractivity (Wildman–Crippen MR) is 79.4 cm³/mol. The molecule has 1 aliphatic heterocycles. The number of aryl methyl sites for hydroxylation is 2. The monoisotopic (exact) mass is 276 g/mol. The SMILES string of the molecule is Cc1ccccc1C(O)c1cc2c(s1)CCSC2. The van der Waals surface area contributed by atoms with Crippen LogP contribution in [0, 0.1) is 6.92 Å². The Morgan fingerprint density at radius 3 is 2.89 bits per heavy atom. The van der Waals surface area contributed by atoms with E-state index in [4.69, 9.17) is 0 Å². The zero-order valence-electron chi connectivity index (χ0n) is 10.3. The van der Waals surface area contributed by atoms with Crippen molar-refractivity contribution < 1.29 is 5.11 Å². The fraction of sp³-hybridized carbons (Fsp3) is 0.333. The summed E-state index contributed by atoms with van der Waals surface area (Å²) in [4.78, 5) is 2.56. The predicted octanol–water partition coefficient (Wildman–Crippen LogP) is 3.93. The highest BCUT2D eigenvalue weighted by Crippen LogP contribution is 2.36. The molecule has 0 fully saturated rings. The Labute approximate surface area is 116 Å². The normalized spacial score (nSPS) is 16.3. The van der Waals surface area contributed by atoms with Crippen LogP contribution >= 0.6 is 23.1 Å². The van der Waals surface area contributed by atoms with Crippen molar-refractivity contribution in [1.29, 1.82) is 0 Å². The molecule has 1 nitrogen and oxygen atoms in total. The van der Waals surface area contributed by atoms with Gasteiger partial charge in [-0.15, -0.1) is 11.3 Å². The molecule has 94 valence electrons. The van der Waals surface area contributed by atoms with Crippen molar-refractivity contribution in [1.82, 2.24) is 0 Å². The number of hydrogen-bond donors (Lipinski definition) is 1. The Balaban J connectivity index is 1.95. The van der Waals surface area contributed by atoms with Crippen molar-refractivity contribution in [3.8, 4) is 0 Å². The zero-order valence-corrected chi connectivity index (χ0v) is 12.0. The fourth-order valence-electron chi connectivity index (χ4n) is 2.35. The number of thioether (sulfide) groups is 1. The standard InChI is InChI=1S/C15H16OS2/c1-10-4-2-3-5-12(10)15(16)14-8-11-9-17-7-6-13(11)18-14/h2-5,8,15-16H,6-7,9H2,1H3. The van der Waals surface area contributed by atoms with Crippen LogP contribution in [-0.2, 0) is 12.2 Å². The van der Waals surface area contributed by atoms with Gasteiger partial charge in [-0.05, 0) is 41.9 Å². The molecule has 1 aromatic carbocycles. The maximum absolute atomic E-state index is 10.5. The van der Waals surface area contributed by atoms with Crippen molar-refractivity contribution in [2.45, 2.75) is 25.2 Å². The molecule has 0 saturated heterocycles. The first-order chi connectivity index (χ1) is 8.75. The van der Waals surface area contributed by atoms with Gasteiger partial charge in [0.05, 0.1) is 0 Å². The first-order valence-electron chi connectivity index (χ1n) is 6.18. The number of aliphatic hydroxyl groups is 1. The van der Waals surface area contributed by atoms with Gasteiger partial charge in [0, 0.05) is 15.5 Å². The number of fused-ring (bicyclic) bond motifs is 1. The molecular formula is C15H16OS2. The molecule has 1 aromatic heterocycles. The van der Waals surface area contributed by atoms with Gasteiger partial charge >= 0.3 is 0 Å². The molecule has 0 radical (unpaired) electrons. The molecule has 0 saturated carbocycles. The van der Waals surface area contributed by atoms with E-state index in [0.29, 0.717) is 0 Å². The summed E-state index contributed by atoms with van der Waals surface area (Å²) in [5, 5.41) is 10.5. The fourth-order valence-corrected chi connectivity index (χ4v) is 4.73. The highest BCUT2D eigenvalue weighted by atomic mass is 32.2. The minimum atomic E-state index is -0.466. The summed E-state index contributed by atoms with van der Waals surface area (Å²) in [5.74, 6) is 2.32. The molecule has 0 aliphatic carbocycles. The van der Waals surface area contributed by atoms with Crippen molar-refractivity contribution in [3.05, 3.63) is 56.8 Å². The van der Waals surface area contributed by atoms with E-state index in [-0.39, 0.29) is 0 Å². The minimum absolute atomic E-state index is 0.466. The Morgan fingerprint density at radius 2 is 2.11 bits per heavy atom. The third-order valence-corrected chi connectivity index (χ3v) is 5.70. The van der Waals surface area contributed by atoms with Crippen LogP contribution in [0.4, 0.5) is 0 Å². The van der Waals surface area contributed by atoms with E-state index in [1.807, 2.05) is 30.0 Å². The average molecular weight is 276 g/mol. The van der Waals surface area contributed by atoms with Gasteiger partial charge in [-0.2, -0.15) is 11.8 Å². The van der Waals surface area contributed by atoms with Gasteiger partial charge < -0.3 is 5.11 Å². The Kier molecular flexibility index (Phi) is 3.46. The highest BCUT2D eigenvalue weighted by Gasteiger charge is 2.19. The van der Waals surface area contributed by atoms with Crippen LogP contribution in [-0.4, -0.2) is 10.9 Å². The lowest BCUT2D eigenvalue weighted by Crippen LogP contribution is -1.99. The van der Waals surface area contributed by atoms with Crippen LogP contribution in [0.2, 0.25) is 0 Å². The number of thiophene rings is 1. The quantitative estimate of drug-likeness (QED) is 0.897. The minimum Gasteiger partial charge on any atom is -0.383 e. The number of benzene rings is 1. The molecular weight excluding hydrogens is 260 g/mol. The number of aliphatic hydroxyl groups excluding tert-OH is 1. The molecule has 1 aliphatic rings. The molecule has 1 atom stereocenters. The van der Waals surface area contributed by atoms with E-state index in [9.17, 15) is 5.11 Å². The highest BCUT2D eigenvalue weighted by molar-refractivity contribution is 7.98. The summed E-state index contributed by atoms with van der Waals surface area (Å²) in [7, 11) is 0. The van der Waals surface area contributed by atoms with E-state index in [1.165, 1.54) is 16.2 Å². The van der Waals surface area contributed by atoms with E-state index >= 15 is 0 Å². The molecule has 2 aromatic rings. The second kappa shape index (κ2) is 5.08. The van der Waals surface area contributed by atoms with Gasteiger partial charge in [0.25, 0.3) is 0 Å². The summed E-state index contributed by atoms with van der Waals surface area (Å²) in [6.07, 6.45) is 0.692. The second-order valence-corrected chi connectivity index (χ2v) is 6.93. The molecule has 0 bridgehead atoms. The van der Waals surface area contributed by atoms with Crippen LogP contribution in [0.3, 0.4) is 0 Å².